The van der Waals surface area contributed by atoms with E-state index < -0.39 is 0 Å². The first-order chi connectivity index (χ1) is 5.70. The van der Waals surface area contributed by atoms with E-state index in [4.69, 9.17) is 0 Å². The molecular formula is C10H23NSi. The minimum atomic E-state index is -0.0729. The summed E-state index contributed by atoms with van der Waals surface area (Å²) >= 11 is 0. The van der Waals surface area contributed by atoms with Gasteiger partial charge < -0.3 is 4.57 Å². The van der Waals surface area contributed by atoms with Crippen molar-refractivity contribution in [3.8, 4) is 0 Å². The van der Waals surface area contributed by atoms with Crippen LogP contribution < -0.4 is 0 Å². The lowest BCUT2D eigenvalue weighted by atomic mass is 10.4. The molecule has 0 saturated heterocycles. The lowest BCUT2D eigenvalue weighted by molar-refractivity contribution is 0.444. The van der Waals surface area contributed by atoms with Crippen LogP contribution in [0.5, 0.6) is 0 Å². The third-order valence-corrected chi connectivity index (χ3v) is 3.99. The van der Waals surface area contributed by atoms with Crippen LogP contribution in [0.15, 0.2) is 11.3 Å². The molecule has 0 unspecified atom stereocenters. The van der Waals surface area contributed by atoms with Crippen LogP contribution in [0.3, 0.4) is 0 Å². The van der Waals surface area contributed by atoms with Gasteiger partial charge in [0.15, 0.2) is 0 Å². The fourth-order valence-electron chi connectivity index (χ4n) is 1.24. The molecule has 0 amide bonds. The summed E-state index contributed by atoms with van der Waals surface area (Å²) < 4.78 is 2.65. The third kappa shape index (κ3) is 6.62. The molecule has 0 aliphatic heterocycles. The number of nitrogens with zero attached hydrogens (tertiary/aromatic N) is 1. The molecule has 0 aliphatic carbocycles. The fourth-order valence-corrected chi connectivity index (χ4v) is 2.86. The molecule has 0 fully saturated rings. The SMILES string of the molecule is CCCN(CCC)[SiH2]C=C(C)C. The second-order valence-electron chi connectivity index (χ2n) is 3.58. The van der Waals surface area contributed by atoms with Crippen LogP contribution in [-0.4, -0.2) is 27.3 Å². The monoisotopic (exact) mass is 185 g/mol. The normalized spacial score (nSPS) is 11.4. The van der Waals surface area contributed by atoms with E-state index in [1.54, 1.807) is 0 Å². The first kappa shape index (κ1) is 11.9. The third-order valence-electron chi connectivity index (χ3n) is 1.84. The lowest BCUT2D eigenvalue weighted by Gasteiger charge is -2.18. The van der Waals surface area contributed by atoms with E-state index in [1.807, 2.05) is 0 Å². The Morgan fingerprint density at radius 3 is 2.00 bits per heavy atom. The van der Waals surface area contributed by atoms with Gasteiger partial charge in [0.1, 0.15) is 9.68 Å². The van der Waals surface area contributed by atoms with E-state index in [0.29, 0.717) is 0 Å². The Morgan fingerprint density at radius 2 is 1.67 bits per heavy atom. The van der Waals surface area contributed by atoms with Crippen molar-refractivity contribution in [1.82, 2.24) is 4.57 Å². The maximum Gasteiger partial charge on any atom is 0.119 e. The number of hydrogen-bond acceptors (Lipinski definition) is 1. The van der Waals surface area contributed by atoms with Crippen LogP contribution in [-0.2, 0) is 0 Å². The molecule has 1 nitrogen and oxygen atoms in total. The van der Waals surface area contributed by atoms with Gasteiger partial charge in [-0.3, -0.25) is 0 Å². The molecule has 0 N–H and O–H groups in total. The van der Waals surface area contributed by atoms with Crippen molar-refractivity contribution in [3.05, 3.63) is 11.3 Å². The summed E-state index contributed by atoms with van der Waals surface area (Å²) in [6, 6.07) is 0. The molecule has 0 aromatic rings. The Morgan fingerprint density at radius 1 is 1.17 bits per heavy atom. The predicted molar refractivity (Wildman–Crippen MR) is 60.1 cm³/mol. The molecule has 72 valence electrons. The van der Waals surface area contributed by atoms with Crippen molar-refractivity contribution in [2.75, 3.05) is 13.1 Å². The van der Waals surface area contributed by atoms with E-state index in [0.717, 1.165) is 0 Å². The molecule has 12 heavy (non-hydrogen) atoms. The van der Waals surface area contributed by atoms with Crippen molar-refractivity contribution < 1.29 is 0 Å². The molecule has 0 atom stereocenters. The Labute approximate surface area is 79.7 Å². The summed E-state index contributed by atoms with van der Waals surface area (Å²) in [4.78, 5) is 0. The number of allylic oxidation sites excluding steroid dienone is 1. The highest BCUT2D eigenvalue weighted by molar-refractivity contribution is 6.38. The van der Waals surface area contributed by atoms with Gasteiger partial charge >= 0.3 is 0 Å². The highest BCUT2D eigenvalue weighted by atomic mass is 28.2. The summed E-state index contributed by atoms with van der Waals surface area (Å²) in [5.74, 6) is 0. The van der Waals surface area contributed by atoms with Gasteiger partial charge in [-0.25, -0.2) is 0 Å². The Balaban J connectivity index is 3.69. The molecule has 2 heteroatoms. The second-order valence-corrected chi connectivity index (χ2v) is 5.25. The Bertz CT molecular complexity index is 122. The van der Waals surface area contributed by atoms with Gasteiger partial charge in [-0.05, 0) is 39.8 Å². The summed E-state index contributed by atoms with van der Waals surface area (Å²) in [6.07, 6.45) is 2.59. The highest BCUT2D eigenvalue weighted by Gasteiger charge is 1.99. The van der Waals surface area contributed by atoms with E-state index in [1.165, 1.54) is 31.5 Å². The van der Waals surface area contributed by atoms with Crippen LogP contribution in [0.2, 0.25) is 0 Å². The van der Waals surface area contributed by atoms with Gasteiger partial charge in [-0.15, -0.1) is 0 Å². The number of rotatable bonds is 6. The summed E-state index contributed by atoms with van der Waals surface area (Å²) in [7, 11) is -0.0729. The van der Waals surface area contributed by atoms with Crippen LogP contribution in [0, 0.1) is 0 Å². The van der Waals surface area contributed by atoms with Crippen molar-refractivity contribution in [2.24, 2.45) is 0 Å². The quantitative estimate of drug-likeness (QED) is 0.573. The smallest absolute Gasteiger partial charge is 0.119 e. The van der Waals surface area contributed by atoms with E-state index >= 15 is 0 Å². The minimum absolute atomic E-state index is 0.0729. The van der Waals surface area contributed by atoms with Crippen LogP contribution >= 0.6 is 0 Å². The molecule has 0 aromatic carbocycles. The summed E-state index contributed by atoms with van der Waals surface area (Å²) in [6.45, 7) is 11.5. The van der Waals surface area contributed by atoms with Crippen molar-refractivity contribution in [3.63, 3.8) is 0 Å². The Kier molecular flexibility index (Phi) is 7.51. The molecule has 0 saturated carbocycles. The molecule has 0 bridgehead atoms. The zero-order valence-corrected chi connectivity index (χ0v) is 10.5. The zero-order valence-electron chi connectivity index (χ0n) is 9.06. The maximum absolute atomic E-state index is 2.65. The van der Waals surface area contributed by atoms with Gasteiger partial charge in [-0.1, -0.05) is 25.1 Å². The van der Waals surface area contributed by atoms with E-state index in [9.17, 15) is 0 Å². The second kappa shape index (κ2) is 7.56. The average Bonchev–Trinajstić information content (AvgIpc) is 2.01. The van der Waals surface area contributed by atoms with Gasteiger partial charge in [-0.2, -0.15) is 0 Å². The molecule has 0 rings (SSSR count). The van der Waals surface area contributed by atoms with Crippen molar-refractivity contribution in [1.29, 1.82) is 0 Å². The highest BCUT2D eigenvalue weighted by Crippen LogP contribution is 1.94. The largest absolute Gasteiger partial charge is 0.325 e. The van der Waals surface area contributed by atoms with E-state index in [2.05, 4.69) is 38.0 Å². The Hall–Kier alpha value is -0.0831. The molecular weight excluding hydrogens is 162 g/mol. The van der Waals surface area contributed by atoms with Crippen molar-refractivity contribution >= 4 is 9.68 Å². The van der Waals surface area contributed by atoms with E-state index in [-0.39, 0.29) is 9.68 Å². The maximum atomic E-state index is 2.65. The van der Waals surface area contributed by atoms with Gasteiger partial charge in [0.25, 0.3) is 0 Å². The minimum Gasteiger partial charge on any atom is -0.325 e. The van der Waals surface area contributed by atoms with Gasteiger partial charge in [0.05, 0.1) is 0 Å². The predicted octanol–water partition coefficient (Wildman–Crippen LogP) is 2.12. The molecule has 0 spiro atoms. The molecule has 0 radical (unpaired) electrons. The molecule has 0 heterocycles. The van der Waals surface area contributed by atoms with Crippen molar-refractivity contribution in [2.45, 2.75) is 40.5 Å². The zero-order chi connectivity index (χ0) is 9.40. The lowest BCUT2D eigenvalue weighted by Crippen LogP contribution is -2.28. The first-order valence-corrected chi connectivity index (χ1v) is 6.51. The fraction of sp³-hybridized carbons (Fsp3) is 0.800. The molecule has 0 aromatic heterocycles. The summed E-state index contributed by atoms with van der Waals surface area (Å²) in [5.41, 5.74) is 3.93. The summed E-state index contributed by atoms with van der Waals surface area (Å²) in [5, 5.41) is 0. The standard InChI is InChI=1S/C10H23NSi/c1-5-7-11(8-6-2)12-9-10(3)4/h9H,5-8,12H2,1-4H3. The first-order valence-electron chi connectivity index (χ1n) is 5.06. The van der Waals surface area contributed by atoms with Crippen LogP contribution in [0.4, 0.5) is 0 Å². The van der Waals surface area contributed by atoms with Crippen LogP contribution in [0.1, 0.15) is 40.5 Å². The molecule has 0 aliphatic rings. The average molecular weight is 185 g/mol. The van der Waals surface area contributed by atoms with Crippen LogP contribution in [0.25, 0.3) is 0 Å². The number of hydrogen-bond donors (Lipinski definition) is 0. The van der Waals surface area contributed by atoms with Gasteiger partial charge in [0, 0.05) is 0 Å². The van der Waals surface area contributed by atoms with Gasteiger partial charge in [0.2, 0.25) is 0 Å². The topological polar surface area (TPSA) is 3.24 Å².